The van der Waals surface area contributed by atoms with E-state index in [1.54, 1.807) is 24.3 Å². The van der Waals surface area contributed by atoms with E-state index in [9.17, 15) is 23.0 Å². The molecule has 1 unspecified atom stereocenters. The second-order valence-electron chi connectivity index (χ2n) is 7.52. The number of urea groups is 1. The van der Waals surface area contributed by atoms with Crippen molar-refractivity contribution in [2.75, 3.05) is 36.3 Å². The molecule has 0 fully saturated rings. The zero-order valence-corrected chi connectivity index (χ0v) is 21.4. The van der Waals surface area contributed by atoms with Gasteiger partial charge in [0, 0.05) is 44.5 Å². The van der Waals surface area contributed by atoms with Crippen LogP contribution < -0.4 is 19.8 Å². The van der Waals surface area contributed by atoms with Crippen molar-refractivity contribution in [3.05, 3.63) is 69.8 Å². The number of hydrogen-bond acceptors (Lipinski definition) is 6. The SMILES string of the molecule is CN(C)c1ccc(C(=O)N(C)c2ccc(NC(=O)NS(=O)c3ccc(Cl)s3)cc2F)c(CC=O)c1. The molecule has 3 aromatic rings. The molecule has 0 aliphatic carbocycles. The van der Waals surface area contributed by atoms with Gasteiger partial charge < -0.3 is 19.9 Å². The molecule has 0 saturated carbocycles. The van der Waals surface area contributed by atoms with E-state index >= 15 is 0 Å². The van der Waals surface area contributed by atoms with Crippen molar-refractivity contribution < 1.29 is 23.0 Å². The minimum absolute atomic E-state index is 0.0218. The molecule has 0 saturated heterocycles. The summed E-state index contributed by atoms with van der Waals surface area (Å²) in [4.78, 5) is 39.4. The number of anilines is 3. The normalized spacial score (nSPS) is 11.5. The molecular weight excluding hydrogens is 515 g/mol. The molecule has 1 aromatic heterocycles. The van der Waals surface area contributed by atoms with Gasteiger partial charge in [-0.3, -0.25) is 9.52 Å². The summed E-state index contributed by atoms with van der Waals surface area (Å²) in [6, 6.07) is 11.2. The van der Waals surface area contributed by atoms with Crippen LogP contribution in [0.4, 0.5) is 26.2 Å². The van der Waals surface area contributed by atoms with E-state index in [2.05, 4.69) is 10.0 Å². The number of halogens is 2. The molecule has 0 radical (unpaired) electrons. The summed E-state index contributed by atoms with van der Waals surface area (Å²) in [5, 5.41) is 2.40. The Hall–Kier alpha value is -3.28. The van der Waals surface area contributed by atoms with Gasteiger partial charge in [0.1, 0.15) is 16.3 Å². The predicted octanol–water partition coefficient (Wildman–Crippen LogP) is 4.47. The highest BCUT2D eigenvalue weighted by Crippen LogP contribution is 2.26. The van der Waals surface area contributed by atoms with E-state index in [-0.39, 0.29) is 23.4 Å². The fraction of sp³-hybridized carbons (Fsp3) is 0.174. The zero-order chi connectivity index (χ0) is 25.7. The van der Waals surface area contributed by atoms with Crippen LogP contribution in [0.3, 0.4) is 0 Å². The summed E-state index contributed by atoms with van der Waals surface area (Å²) in [5.74, 6) is -1.25. The molecule has 0 aliphatic heterocycles. The van der Waals surface area contributed by atoms with E-state index < -0.39 is 28.7 Å². The molecule has 2 aromatic carbocycles. The molecule has 184 valence electrons. The van der Waals surface area contributed by atoms with Crippen molar-refractivity contribution in [3.63, 3.8) is 0 Å². The van der Waals surface area contributed by atoms with Crippen molar-refractivity contribution in [2.45, 2.75) is 10.6 Å². The standard InChI is InChI=1S/C23H22ClFN4O4S2/c1-28(2)16-5-6-17(14(12-16)10-11-30)22(31)29(3)19-7-4-15(13-18(19)25)26-23(32)27-35(33)21-9-8-20(24)34-21/h4-9,11-13H,10H2,1-3H3,(H2,26,27,32). The van der Waals surface area contributed by atoms with Gasteiger partial charge in [-0.05, 0) is 54.1 Å². The van der Waals surface area contributed by atoms with Crippen LogP contribution in [0, 0.1) is 5.82 Å². The van der Waals surface area contributed by atoms with E-state index in [0.29, 0.717) is 20.4 Å². The minimum atomic E-state index is -1.82. The number of rotatable bonds is 8. The molecule has 12 heteroatoms. The van der Waals surface area contributed by atoms with Gasteiger partial charge in [0.05, 0.1) is 10.0 Å². The number of carbonyl (C=O) groups excluding carboxylic acids is 3. The Morgan fingerprint density at radius 1 is 1.11 bits per heavy atom. The minimum Gasteiger partial charge on any atom is -0.378 e. The summed E-state index contributed by atoms with van der Waals surface area (Å²) >= 11 is 6.86. The maximum Gasteiger partial charge on any atom is 0.331 e. The van der Waals surface area contributed by atoms with Gasteiger partial charge in [-0.2, -0.15) is 0 Å². The van der Waals surface area contributed by atoms with Crippen molar-refractivity contribution in [2.24, 2.45) is 0 Å². The average Bonchev–Trinajstić information content (AvgIpc) is 3.25. The lowest BCUT2D eigenvalue weighted by molar-refractivity contribution is -0.107. The molecule has 3 amide bonds. The van der Waals surface area contributed by atoms with Gasteiger partial charge in [-0.15, -0.1) is 11.3 Å². The topological polar surface area (TPSA) is 98.8 Å². The number of aldehydes is 1. The zero-order valence-electron chi connectivity index (χ0n) is 19.0. The second kappa shape index (κ2) is 11.4. The van der Waals surface area contributed by atoms with Crippen molar-refractivity contribution in [1.29, 1.82) is 0 Å². The largest absolute Gasteiger partial charge is 0.378 e. The molecule has 0 spiro atoms. The summed E-state index contributed by atoms with van der Waals surface area (Å²) in [7, 11) is 3.28. The number of carbonyl (C=O) groups is 3. The smallest absolute Gasteiger partial charge is 0.331 e. The fourth-order valence-electron chi connectivity index (χ4n) is 3.16. The Balaban J connectivity index is 1.74. The molecule has 0 aliphatic rings. The fourth-order valence-corrected chi connectivity index (χ4v) is 5.28. The molecule has 1 atom stereocenters. The van der Waals surface area contributed by atoms with Crippen molar-refractivity contribution in [3.8, 4) is 0 Å². The number of benzene rings is 2. The number of nitrogens with zero attached hydrogens (tertiary/aromatic N) is 2. The Bertz CT molecular complexity index is 1300. The van der Waals surface area contributed by atoms with E-state index in [1.807, 2.05) is 19.0 Å². The third-order valence-electron chi connectivity index (χ3n) is 4.93. The van der Waals surface area contributed by atoms with Crippen LogP contribution in [0.2, 0.25) is 4.34 Å². The number of amides is 3. The molecule has 3 rings (SSSR count). The quantitative estimate of drug-likeness (QED) is 0.414. The van der Waals surface area contributed by atoms with Crippen LogP contribution in [0.5, 0.6) is 0 Å². The van der Waals surface area contributed by atoms with Crippen LogP contribution in [0.1, 0.15) is 15.9 Å². The highest BCUT2D eigenvalue weighted by atomic mass is 35.5. The van der Waals surface area contributed by atoms with Gasteiger partial charge in [0.25, 0.3) is 5.91 Å². The van der Waals surface area contributed by atoms with E-state index in [1.165, 1.54) is 25.2 Å². The number of nitrogens with one attached hydrogen (secondary N) is 2. The first-order valence-electron chi connectivity index (χ1n) is 10.2. The van der Waals surface area contributed by atoms with Crippen molar-refractivity contribution >= 4 is 69.2 Å². The molecule has 0 bridgehead atoms. The first kappa shape index (κ1) is 26.3. The average molecular weight is 537 g/mol. The molecular formula is C23H22ClFN4O4S2. The Kier molecular flexibility index (Phi) is 8.60. The molecule has 8 nitrogen and oxygen atoms in total. The Morgan fingerprint density at radius 3 is 2.46 bits per heavy atom. The maximum atomic E-state index is 14.9. The Labute approximate surface area is 213 Å². The third kappa shape index (κ3) is 6.44. The highest BCUT2D eigenvalue weighted by molar-refractivity contribution is 7.86. The first-order valence-corrected chi connectivity index (χ1v) is 12.5. The second-order valence-corrected chi connectivity index (χ2v) is 10.7. The first-order chi connectivity index (χ1) is 16.6. The number of hydrogen-bond donors (Lipinski definition) is 2. The van der Waals surface area contributed by atoms with Gasteiger partial charge >= 0.3 is 6.03 Å². The molecule has 1 heterocycles. The monoisotopic (exact) mass is 536 g/mol. The lowest BCUT2D eigenvalue weighted by atomic mass is 10.0. The van der Waals surface area contributed by atoms with Crippen LogP contribution >= 0.6 is 22.9 Å². The number of thiophene rings is 1. The molecule has 2 N–H and O–H groups in total. The third-order valence-corrected chi connectivity index (χ3v) is 7.53. The van der Waals surface area contributed by atoms with Crippen LogP contribution in [-0.4, -0.2) is 43.6 Å². The summed E-state index contributed by atoms with van der Waals surface area (Å²) in [6.45, 7) is 0. The van der Waals surface area contributed by atoms with E-state index in [4.69, 9.17) is 11.6 Å². The van der Waals surface area contributed by atoms with Gasteiger partial charge in [0.2, 0.25) is 0 Å². The van der Waals surface area contributed by atoms with Gasteiger partial charge in [-0.25, -0.2) is 13.4 Å². The van der Waals surface area contributed by atoms with Gasteiger partial charge in [-0.1, -0.05) is 11.6 Å². The maximum absolute atomic E-state index is 14.9. The summed E-state index contributed by atoms with van der Waals surface area (Å²) in [5.41, 5.74) is 1.71. The van der Waals surface area contributed by atoms with Crippen molar-refractivity contribution in [1.82, 2.24) is 4.72 Å². The van der Waals surface area contributed by atoms with Crippen LogP contribution in [0.25, 0.3) is 0 Å². The molecule has 35 heavy (non-hydrogen) atoms. The van der Waals surface area contributed by atoms with Crippen LogP contribution in [-0.2, 0) is 22.2 Å². The summed E-state index contributed by atoms with van der Waals surface area (Å²) in [6.07, 6.45) is 0.744. The lowest BCUT2D eigenvalue weighted by Crippen LogP contribution is -2.30. The lowest BCUT2D eigenvalue weighted by Gasteiger charge is -2.21. The van der Waals surface area contributed by atoms with Gasteiger partial charge in [0.15, 0.2) is 11.0 Å². The summed E-state index contributed by atoms with van der Waals surface area (Å²) < 4.78 is 30.1. The predicted molar refractivity (Wildman–Crippen MR) is 138 cm³/mol. The highest BCUT2D eigenvalue weighted by Gasteiger charge is 2.21. The van der Waals surface area contributed by atoms with Crippen LogP contribution in [0.15, 0.2) is 52.7 Å². The van der Waals surface area contributed by atoms with E-state index in [0.717, 1.165) is 28.0 Å². The Morgan fingerprint density at radius 2 is 1.86 bits per heavy atom.